The van der Waals surface area contributed by atoms with Crippen LogP contribution in [-0.4, -0.2) is 23.5 Å². The molecule has 0 aromatic carbocycles. The molecule has 0 radical (unpaired) electrons. The van der Waals surface area contributed by atoms with Gasteiger partial charge in [0.25, 0.3) is 0 Å². The molecule has 4 nitrogen and oxygen atoms in total. The van der Waals surface area contributed by atoms with E-state index in [4.69, 9.17) is 5.11 Å². The zero-order valence-electron chi connectivity index (χ0n) is 12.0. The van der Waals surface area contributed by atoms with Crippen molar-refractivity contribution in [2.45, 2.75) is 47.5 Å². The summed E-state index contributed by atoms with van der Waals surface area (Å²) in [5.41, 5.74) is 0.0667. The number of rotatable bonds is 6. The van der Waals surface area contributed by atoms with Gasteiger partial charge in [-0.3, -0.25) is 9.59 Å². The Morgan fingerprint density at radius 1 is 1.22 bits per heavy atom. The fourth-order valence-electron chi connectivity index (χ4n) is 2.81. The SMILES string of the molecule is CCC(CNC(=O)C1C(C)(C)C1(C)C)CC(=O)O. The number of carboxylic acids is 1. The van der Waals surface area contributed by atoms with Gasteiger partial charge in [0.05, 0.1) is 0 Å². The molecule has 2 N–H and O–H groups in total. The maximum Gasteiger partial charge on any atom is 0.303 e. The van der Waals surface area contributed by atoms with Crippen LogP contribution in [0, 0.1) is 22.7 Å². The molecule has 0 aromatic heterocycles. The van der Waals surface area contributed by atoms with Crippen molar-refractivity contribution in [1.29, 1.82) is 0 Å². The Bertz CT molecular complexity index is 333. The largest absolute Gasteiger partial charge is 0.481 e. The Kier molecular flexibility index (Phi) is 4.08. The second-order valence-electron chi connectivity index (χ2n) is 6.49. The first-order valence-electron chi connectivity index (χ1n) is 6.64. The van der Waals surface area contributed by atoms with Crippen molar-refractivity contribution >= 4 is 11.9 Å². The number of nitrogens with one attached hydrogen (secondary N) is 1. The third kappa shape index (κ3) is 2.68. The van der Waals surface area contributed by atoms with Gasteiger partial charge in [-0.1, -0.05) is 41.0 Å². The summed E-state index contributed by atoms with van der Waals surface area (Å²) in [7, 11) is 0. The normalized spacial score (nSPS) is 22.3. The lowest BCUT2D eigenvalue weighted by Gasteiger charge is -2.14. The van der Waals surface area contributed by atoms with Gasteiger partial charge < -0.3 is 10.4 Å². The lowest BCUT2D eigenvalue weighted by atomic mass is 10.0. The second-order valence-corrected chi connectivity index (χ2v) is 6.49. The van der Waals surface area contributed by atoms with Crippen LogP contribution in [0.2, 0.25) is 0 Å². The highest BCUT2D eigenvalue weighted by Crippen LogP contribution is 2.68. The quantitative estimate of drug-likeness (QED) is 0.765. The van der Waals surface area contributed by atoms with Gasteiger partial charge in [0.15, 0.2) is 0 Å². The van der Waals surface area contributed by atoms with Crippen LogP contribution in [-0.2, 0) is 9.59 Å². The molecule has 1 fully saturated rings. The number of hydrogen-bond acceptors (Lipinski definition) is 2. The minimum atomic E-state index is -0.803. The van der Waals surface area contributed by atoms with Crippen molar-refractivity contribution < 1.29 is 14.7 Å². The highest BCUT2D eigenvalue weighted by atomic mass is 16.4. The van der Waals surface area contributed by atoms with Gasteiger partial charge in [-0.25, -0.2) is 0 Å². The molecule has 0 heterocycles. The Hall–Kier alpha value is -1.06. The van der Waals surface area contributed by atoms with Crippen molar-refractivity contribution in [2.75, 3.05) is 6.54 Å². The number of amides is 1. The second kappa shape index (κ2) is 4.90. The van der Waals surface area contributed by atoms with Crippen molar-refractivity contribution in [3.63, 3.8) is 0 Å². The minimum Gasteiger partial charge on any atom is -0.481 e. The first-order chi connectivity index (χ1) is 8.14. The van der Waals surface area contributed by atoms with E-state index in [0.29, 0.717) is 6.54 Å². The van der Waals surface area contributed by atoms with Crippen molar-refractivity contribution in [3.05, 3.63) is 0 Å². The average molecular weight is 255 g/mol. The topological polar surface area (TPSA) is 66.4 Å². The third-order valence-electron chi connectivity index (χ3n) is 4.89. The fourth-order valence-corrected chi connectivity index (χ4v) is 2.81. The molecule has 1 saturated carbocycles. The first kappa shape index (κ1) is 15.0. The van der Waals surface area contributed by atoms with Crippen LogP contribution < -0.4 is 5.32 Å². The molecule has 1 aliphatic rings. The molecule has 1 atom stereocenters. The lowest BCUT2D eigenvalue weighted by Crippen LogP contribution is -2.32. The number of carbonyl (C=O) groups excluding carboxylic acids is 1. The van der Waals surface area contributed by atoms with Crippen molar-refractivity contribution in [1.82, 2.24) is 5.32 Å². The highest BCUT2D eigenvalue weighted by molar-refractivity contribution is 5.84. The molecule has 1 unspecified atom stereocenters. The Morgan fingerprint density at radius 2 is 1.72 bits per heavy atom. The molecular formula is C14H25NO3. The zero-order chi connectivity index (χ0) is 14.1. The number of aliphatic carboxylic acids is 1. The summed E-state index contributed by atoms with van der Waals surface area (Å²) in [6.07, 6.45) is 0.887. The van der Waals surface area contributed by atoms with Gasteiger partial charge in [0.2, 0.25) is 5.91 Å². The average Bonchev–Trinajstić information content (AvgIpc) is 2.63. The van der Waals surface area contributed by atoms with E-state index in [2.05, 4.69) is 33.0 Å². The molecule has 0 saturated heterocycles. The predicted octanol–water partition coefficient (Wildman–Crippen LogP) is 2.29. The smallest absolute Gasteiger partial charge is 0.303 e. The van der Waals surface area contributed by atoms with E-state index in [9.17, 15) is 9.59 Å². The monoisotopic (exact) mass is 255 g/mol. The van der Waals surface area contributed by atoms with Gasteiger partial charge in [-0.05, 0) is 16.7 Å². The van der Waals surface area contributed by atoms with Crippen LogP contribution in [0.25, 0.3) is 0 Å². The van der Waals surface area contributed by atoms with Crippen LogP contribution >= 0.6 is 0 Å². The van der Waals surface area contributed by atoms with Gasteiger partial charge >= 0.3 is 5.97 Å². The Morgan fingerprint density at radius 3 is 2.06 bits per heavy atom. The summed E-state index contributed by atoms with van der Waals surface area (Å²) in [5, 5.41) is 11.7. The molecule has 1 aliphatic carbocycles. The maximum atomic E-state index is 12.1. The molecule has 0 aliphatic heterocycles. The third-order valence-corrected chi connectivity index (χ3v) is 4.89. The van der Waals surface area contributed by atoms with Crippen LogP contribution in [0.5, 0.6) is 0 Å². The molecule has 1 rings (SSSR count). The summed E-state index contributed by atoms with van der Waals surface area (Å²) in [5.74, 6) is -0.680. The van der Waals surface area contributed by atoms with E-state index < -0.39 is 5.97 Å². The van der Waals surface area contributed by atoms with Crippen molar-refractivity contribution in [3.8, 4) is 0 Å². The van der Waals surface area contributed by atoms with E-state index in [1.165, 1.54) is 0 Å². The minimum absolute atomic E-state index is 0.0245. The molecular weight excluding hydrogens is 230 g/mol. The van der Waals surface area contributed by atoms with E-state index in [-0.39, 0.29) is 35.0 Å². The van der Waals surface area contributed by atoms with Crippen LogP contribution in [0.15, 0.2) is 0 Å². The maximum absolute atomic E-state index is 12.1. The van der Waals surface area contributed by atoms with Gasteiger partial charge in [0.1, 0.15) is 0 Å². The van der Waals surface area contributed by atoms with Gasteiger partial charge in [-0.15, -0.1) is 0 Å². The summed E-state index contributed by atoms with van der Waals surface area (Å²) < 4.78 is 0. The lowest BCUT2D eigenvalue weighted by molar-refractivity contribution is -0.138. The summed E-state index contributed by atoms with van der Waals surface area (Å²) in [6, 6.07) is 0. The molecule has 0 aromatic rings. The fraction of sp³-hybridized carbons (Fsp3) is 0.857. The van der Waals surface area contributed by atoms with Gasteiger partial charge in [-0.2, -0.15) is 0 Å². The standard InChI is InChI=1S/C14H25NO3/c1-6-9(7-10(16)17)8-15-12(18)11-13(2,3)14(11,4)5/h9,11H,6-8H2,1-5H3,(H,15,18)(H,16,17). The van der Waals surface area contributed by atoms with Crippen LogP contribution in [0.3, 0.4) is 0 Å². The number of carboxylic acid groups (broad SMARTS) is 1. The first-order valence-corrected chi connectivity index (χ1v) is 6.64. The predicted molar refractivity (Wildman–Crippen MR) is 70.1 cm³/mol. The molecule has 1 amide bonds. The summed E-state index contributed by atoms with van der Waals surface area (Å²) in [6.45, 7) is 10.8. The van der Waals surface area contributed by atoms with Crippen LogP contribution in [0.4, 0.5) is 0 Å². The Balaban J connectivity index is 2.45. The molecule has 18 heavy (non-hydrogen) atoms. The highest BCUT2D eigenvalue weighted by Gasteiger charge is 2.68. The van der Waals surface area contributed by atoms with Crippen LogP contribution in [0.1, 0.15) is 47.5 Å². The summed E-state index contributed by atoms with van der Waals surface area (Å²) in [4.78, 5) is 22.7. The van der Waals surface area contributed by atoms with E-state index in [1.54, 1.807) is 0 Å². The van der Waals surface area contributed by atoms with Gasteiger partial charge in [0, 0.05) is 18.9 Å². The van der Waals surface area contributed by atoms with E-state index in [0.717, 1.165) is 6.42 Å². The zero-order valence-corrected chi connectivity index (χ0v) is 12.0. The molecule has 104 valence electrons. The van der Waals surface area contributed by atoms with E-state index >= 15 is 0 Å². The van der Waals surface area contributed by atoms with E-state index in [1.807, 2.05) is 6.92 Å². The Labute approximate surface area is 109 Å². The molecule has 0 spiro atoms. The number of carbonyl (C=O) groups is 2. The molecule has 0 bridgehead atoms. The van der Waals surface area contributed by atoms with Crippen molar-refractivity contribution in [2.24, 2.45) is 22.7 Å². The molecule has 4 heteroatoms. The summed E-state index contributed by atoms with van der Waals surface area (Å²) >= 11 is 0. The number of hydrogen-bond donors (Lipinski definition) is 2.